The monoisotopic (exact) mass is 256 g/mol. The highest BCUT2D eigenvalue weighted by molar-refractivity contribution is 9.10. The van der Waals surface area contributed by atoms with Gasteiger partial charge in [-0.15, -0.1) is 0 Å². The van der Waals surface area contributed by atoms with E-state index in [-0.39, 0.29) is 5.82 Å². The topological polar surface area (TPSA) is 41.8 Å². The Bertz CT molecular complexity index is 464. The van der Waals surface area contributed by atoms with Crippen molar-refractivity contribution in [2.24, 2.45) is 5.73 Å². The molecule has 0 spiro atoms. The van der Waals surface area contributed by atoms with Gasteiger partial charge in [0.2, 0.25) is 0 Å². The summed E-state index contributed by atoms with van der Waals surface area (Å²) >= 11 is 3.43. The van der Waals surface area contributed by atoms with E-state index in [0.717, 1.165) is 15.6 Å². The van der Waals surface area contributed by atoms with E-state index in [1.54, 1.807) is 6.07 Å². The molecule has 1 aromatic heterocycles. The molecule has 14 heavy (non-hydrogen) atoms. The minimum Gasteiger partial charge on any atom is -0.355 e. The second-order valence-electron chi connectivity index (χ2n) is 3.12. The van der Waals surface area contributed by atoms with E-state index < -0.39 is 0 Å². The normalized spacial score (nSPS) is 11.1. The standard InChI is InChI=1S/C10H10BrFN2/c11-9-6-2-1-3-7(12)10(6)14-8(9)4-5-13/h1-3,14H,4-5,13H2. The molecule has 2 rings (SSSR count). The molecule has 0 saturated heterocycles. The van der Waals surface area contributed by atoms with E-state index in [1.165, 1.54) is 6.07 Å². The van der Waals surface area contributed by atoms with Crippen molar-refractivity contribution in [2.45, 2.75) is 6.42 Å². The highest BCUT2D eigenvalue weighted by Gasteiger charge is 2.10. The molecule has 74 valence electrons. The van der Waals surface area contributed by atoms with Crippen molar-refractivity contribution in [3.63, 3.8) is 0 Å². The average Bonchev–Trinajstić information content (AvgIpc) is 2.48. The third kappa shape index (κ3) is 1.44. The predicted molar refractivity (Wildman–Crippen MR) is 58.7 cm³/mol. The number of aromatic amines is 1. The molecule has 2 aromatic rings. The van der Waals surface area contributed by atoms with Crippen molar-refractivity contribution in [1.82, 2.24) is 4.98 Å². The molecule has 0 radical (unpaired) electrons. The van der Waals surface area contributed by atoms with Crippen molar-refractivity contribution in [3.05, 3.63) is 34.2 Å². The average molecular weight is 257 g/mol. The smallest absolute Gasteiger partial charge is 0.147 e. The van der Waals surface area contributed by atoms with E-state index in [2.05, 4.69) is 20.9 Å². The first kappa shape index (κ1) is 9.68. The van der Waals surface area contributed by atoms with Crippen molar-refractivity contribution in [2.75, 3.05) is 6.54 Å². The van der Waals surface area contributed by atoms with Crippen LogP contribution in [-0.4, -0.2) is 11.5 Å². The molecule has 0 amide bonds. The molecule has 0 aliphatic carbocycles. The molecular formula is C10H10BrFN2. The zero-order valence-electron chi connectivity index (χ0n) is 7.48. The summed E-state index contributed by atoms with van der Waals surface area (Å²) in [6, 6.07) is 5.01. The van der Waals surface area contributed by atoms with E-state index in [4.69, 9.17) is 5.73 Å². The predicted octanol–water partition coefficient (Wildman–Crippen LogP) is 2.57. The third-order valence-corrected chi connectivity index (χ3v) is 3.09. The number of para-hydroxylation sites is 1. The molecule has 0 unspecified atom stereocenters. The van der Waals surface area contributed by atoms with Crippen molar-refractivity contribution in [3.8, 4) is 0 Å². The van der Waals surface area contributed by atoms with E-state index in [1.807, 2.05) is 6.07 Å². The maximum absolute atomic E-state index is 13.3. The Morgan fingerprint density at radius 1 is 1.43 bits per heavy atom. The van der Waals surface area contributed by atoms with Gasteiger partial charge in [0.25, 0.3) is 0 Å². The van der Waals surface area contributed by atoms with Crippen LogP contribution in [0.15, 0.2) is 22.7 Å². The second-order valence-corrected chi connectivity index (χ2v) is 3.91. The lowest BCUT2D eigenvalue weighted by Gasteiger charge is -1.93. The lowest BCUT2D eigenvalue weighted by atomic mass is 10.2. The molecule has 0 saturated carbocycles. The van der Waals surface area contributed by atoms with Crippen LogP contribution in [-0.2, 0) is 6.42 Å². The molecule has 0 aliphatic heterocycles. The first-order chi connectivity index (χ1) is 6.74. The van der Waals surface area contributed by atoms with Gasteiger partial charge in [0.15, 0.2) is 0 Å². The van der Waals surface area contributed by atoms with Crippen molar-refractivity contribution in [1.29, 1.82) is 0 Å². The molecule has 0 aliphatic rings. The van der Waals surface area contributed by atoms with Crippen LogP contribution < -0.4 is 5.73 Å². The Balaban J connectivity index is 2.67. The summed E-state index contributed by atoms with van der Waals surface area (Å²) in [4.78, 5) is 3.03. The SMILES string of the molecule is NCCc1[nH]c2c(F)cccc2c1Br. The minimum atomic E-state index is -0.230. The van der Waals surface area contributed by atoms with Crippen LogP contribution >= 0.6 is 15.9 Å². The van der Waals surface area contributed by atoms with Gasteiger partial charge in [-0.2, -0.15) is 0 Å². The molecule has 4 heteroatoms. The number of H-pyrrole nitrogens is 1. The zero-order chi connectivity index (χ0) is 10.1. The van der Waals surface area contributed by atoms with Gasteiger partial charge in [0.05, 0.1) is 5.52 Å². The van der Waals surface area contributed by atoms with Gasteiger partial charge in [-0.05, 0) is 28.5 Å². The number of aromatic nitrogens is 1. The van der Waals surface area contributed by atoms with Gasteiger partial charge in [-0.3, -0.25) is 0 Å². The fourth-order valence-corrected chi connectivity index (χ4v) is 2.15. The van der Waals surface area contributed by atoms with E-state index >= 15 is 0 Å². The third-order valence-electron chi connectivity index (χ3n) is 2.19. The van der Waals surface area contributed by atoms with Gasteiger partial charge < -0.3 is 10.7 Å². The van der Waals surface area contributed by atoms with Crippen LogP contribution in [0.25, 0.3) is 10.9 Å². The fraction of sp³-hybridized carbons (Fsp3) is 0.200. The van der Waals surface area contributed by atoms with Crippen LogP contribution in [0.1, 0.15) is 5.69 Å². The molecule has 0 atom stereocenters. The number of rotatable bonds is 2. The summed E-state index contributed by atoms with van der Waals surface area (Å²) in [6.45, 7) is 0.549. The summed E-state index contributed by atoms with van der Waals surface area (Å²) in [5.74, 6) is -0.230. The fourth-order valence-electron chi connectivity index (χ4n) is 1.52. The number of fused-ring (bicyclic) bond motifs is 1. The lowest BCUT2D eigenvalue weighted by Crippen LogP contribution is -2.03. The number of benzene rings is 1. The summed E-state index contributed by atoms with van der Waals surface area (Å²) in [7, 11) is 0. The van der Waals surface area contributed by atoms with Gasteiger partial charge in [0.1, 0.15) is 5.82 Å². The van der Waals surface area contributed by atoms with Crippen LogP contribution in [0.2, 0.25) is 0 Å². The first-order valence-electron chi connectivity index (χ1n) is 4.38. The van der Waals surface area contributed by atoms with E-state index in [0.29, 0.717) is 18.5 Å². The van der Waals surface area contributed by atoms with Gasteiger partial charge >= 0.3 is 0 Å². The molecule has 0 bridgehead atoms. The Morgan fingerprint density at radius 2 is 2.21 bits per heavy atom. The van der Waals surface area contributed by atoms with Gasteiger partial charge in [0, 0.05) is 22.0 Å². The number of halogens is 2. The Kier molecular flexibility index (Phi) is 2.56. The highest BCUT2D eigenvalue weighted by atomic mass is 79.9. The summed E-state index contributed by atoms with van der Waals surface area (Å²) in [6.07, 6.45) is 0.717. The number of hydrogen-bond acceptors (Lipinski definition) is 1. The minimum absolute atomic E-state index is 0.230. The summed E-state index contributed by atoms with van der Waals surface area (Å²) in [5.41, 5.74) is 6.95. The largest absolute Gasteiger partial charge is 0.355 e. The van der Waals surface area contributed by atoms with Crippen LogP contribution in [0.5, 0.6) is 0 Å². The van der Waals surface area contributed by atoms with Gasteiger partial charge in [-0.25, -0.2) is 4.39 Å². The molecule has 2 nitrogen and oxygen atoms in total. The van der Waals surface area contributed by atoms with Crippen molar-refractivity contribution >= 4 is 26.8 Å². The van der Waals surface area contributed by atoms with E-state index in [9.17, 15) is 4.39 Å². The summed E-state index contributed by atoms with van der Waals surface area (Å²) < 4.78 is 14.3. The van der Waals surface area contributed by atoms with Crippen LogP contribution in [0, 0.1) is 5.82 Å². The Morgan fingerprint density at radius 3 is 2.86 bits per heavy atom. The first-order valence-corrected chi connectivity index (χ1v) is 5.18. The Labute approximate surface area is 89.4 Å². The van der Waals surface area contributed by atoms with Gasteiger partial charge in [-0.1, -0.05) is 12.1 Å². The summed E-state index contributed by atoms with van der Waals surface area (Å²) in [5, 5.41) is 0.869. The lowest BCUT2D eigenvalue weighted by molar-refractivity contribution is 0.637. The van der Waals surface area contributed by atoms with Crippen LogP contribution in [0.4, 0.5) is 4.39 Å². The molecule has 0 fully saturated rings. The highest BCUT2D eigenvalue weighted by Crippen LogP contribution is 2.29. The number of nitrogens with two attached hydrogens (primary N) is 1. The zero-order valence-corrected chi connectivity index (χ0v) is 9.07. The maximum Gasteiger partial charge on any atom is 0.147 e. The van der Waals surface area contributed by atoms with Crippen LogP contribution in [0.3, 0.4) is 0 Å². The quantitative estimate of drug-likeness (QED) is 0.853. The molecule has 3 N–H and O–H groups in total. The number of nitrogens with one attached hydrogen (secondary N) is 1. The maximum atomic E-state index is 13.3. The molecule has 1 aromatic carbocycles. The molecule has 1 heterocycles. The number of hydrogen-bond donors (Lipinski definition) is 2. The van der Waals surface area contributed by atoms with Crippen molar-refractivity contribution < 1.29 is 4.39 Å². The second kappa shape index (κ2) is 3.71. The molecular weight excluding hydrogens is 247 g/mol. The Hall–Kier alpha value is -0.870.